The van der Waals surface area contributed by atoms with Gasteiger partial charge in [-0.25, -0.2) is 4.98 Å². The number of aryl methyl sites for hydroxylation is 1. The van der Waals surface area contributed by atoms with Crippen molar-refractivity contribution in [2.75, 3.05) is 26.2 Å². The Kier molecular flexibility index (Phi) is 8.27. The lowest BCUT2D eigenvalue weighted by molar-refractivity contribution is 0.0634. The number of hydrogen-bond acceptors (Lipinski definition) is 3. The number of halogens is 1. The second kappa shape index (κ2) is 11.1. The molecule has 2 fully saturated rings. The Labute approximate surface area is 206 Å². The van der Waals surface area contributed by atoms with Gasteiger partial charge >= 0.3 is 0 Å². The molecule has 32 heavy (non-hydrogen) atoms. The Bertz CT molecular complexity index is 911. The number of piperidine rings is 1. The Morgan fingerprint density at radius 2 is 1.84 bits per heavy atom. The second-order valence-corrected chi connectivity index (χ2v) is 10.4. The predicted molar refractivity (Wildman–Crippen MR) is 139 cm³/mol. The van der Waals surface area contributed by atoms with Crippen LogP contribution in [0, 0.1) is 3.70 Å². The summed E-state index contributed by atoms with van der Waals surface area (Å²) in [7, 11) is 1.99. The van der Waals surface area contributed by atoms with Gasteiger partial charge in [-0.2, -0.15) is 0 Å². The van der Waals surface area contributed by atoms with Crippen LogP contribution in [0.15, 0.2) is 24.3 Å². The number of aromatic nitrogens is 2. The van der Waals surface area contributed by atoms with Crippen molar-refractivity contribution in [2.45, 2.75) is 70.8 Å². The molecule has 4 rings (SSSR count). The Hall–Kier alpha value is -1.41. The number of rotatable bonds is 8. The number of hydrogen-bond donors (Lipinski definition) is 0. The molecule has 2 aromatic rings. The minimum atomic E-state index is 0.131. The fraction of sp³-hybridized carbons (Fsp3) is 0.615. The van der Waals surface area contributed by atoms with E-state index in [0.717, 1.165) is 53.1 Å². The van der Waals surface area contributed by atoms with Gasteiger partial charge in [0.05, 0.1) is 0 Å². The van der Waals surface area contributed by atoms with Crippen molar-refractivity contribution < 1.29 is 4.79 Å². The number of benzene rings is 1. The van der Waals surface area contributed by atoms with Crippen molar-refractivity contribution >= 4 is 28.5 Å². The van der Waals surface area contributed by atoms with Gasteiger partial charge in [-0.05, 0) is 85.8 Å². The first-order chi connectivity index (χ1) is 15.6. The van der Waals surface area contributed by atoms with Crippen molar-refractivity contribution in [3.8, 4) is 11.4 Å². The number of imidazole rings is 1. The van der Waals surface area contributed by atoms with E-state index in [1.807, 2.05) is 16.5 Å². The molecule has 2 saturated heterocycles. The van der Waals surface area contributed by atoms with Crippen LogP contribution in [0.5, 0.6) is 0 Å². The maximum absolute atomic E-state index is 13.4. The molecule has 2 aliphatic rings. The molecule has 2 aliphatic heterocycles. The highest BCUT2D eigenvalue weighted by molar-refractivity contribution is 14.1. The highest BCUT2D eigenvalue weighted by Crippen LogP contribution is 2.27. The van der Waals surface area contributed by atoms with Gasteiger partial charge in [0.25, 0.3) is 5.91 Å². The average molecular weight is 549 g/mol. The first-order valence-corrected chi connectivity index (χ1v) is 13.5. The summed E-state index contributed by atoms with van der Waals surface area (Å²) in [5.41, 5.74) is 3.19. The number of carbonyl (C=O) groups is 1. The molecule has 1 amide bonds. The lowest BCUT2D eigenvalue weighted by Crippen LogP contribution is -2.46. The zero-order valence-electron chi connectivity index (χ0n) is 19.7. The van der Waals surface area contributed by atoms with Gasteiger partial charge in [0.1, 0.15) is 15.2 Å². The van der Waals surface area contributed by atoms with Crippen LogP contribution in [-0.4, -0.2) is 57.5 Å². The van der Waals surface area contributed by atoms with Crippen molar-refractivity contribution in [3.05, 3.63) is 39.2 Å². The molecule has 0 aliphatic carbocycles. The molecular weight excluding hydrogens is 511 g/mol. The smallest absolute Gasteiger partial charge is 0.273 e. The minimum absolute atomic E-state index is 0.131. The quantitative estimate of drug-likeness (QED) is 0.323. The molecule has 0 saturated carbocycles. The first-order valence-electron chi connectivity index (χ1n) is 12.4. The summed E-state index contributed by atoms with van der Waals surface area (Å²) < 4.78 is 2.81. The molecule has 0 radical (unpaired) electrons. The van der Waals surface area contributed by atoms with Crippen LogP contribution < -0.4 is 0 Å². The van der Waals surface area contributed by atoms with E-state index in [0.29, 0.717) is 6.04 Å². The fourth-order valence-electron chi connectivity index (χ4n) is 5.27. The minimum Gasteiger partial charge on any atom is -0.337 e. The highest BCUT2D eigenvalue weighted by atomic mass is 127. The van der Waals surface area contributed by atoms with Crippen molar-refractivity contribution in [3.63, 3.8) is 0 Å². The van der Waals surface area contributed by atoms with Crippen LogP contribution in [0.2, 0.25) is 0 Å². The van der Waals surface area contributed by atoms with Crippen molar-refractivity contribution in [1.29, 1.82) is 0 Å². The topological polar surface area (TPSA) is 41.4 Å². The maximum atomic E-state index is 13.4. The van der Waals surface area contributed by atoms with Gasteiger partial charge < -0.3 is 14.4 Å². The SMILES string of the molecule is CCCCCCc1cccc(-c2nc(I)c(C(=O)N3CCC(N4CCCC4)CC3)n2C)c1. The molecule has 1 aromatic carbocycles. The Balaban J connectivity index is 1.44. The van der Waals surface area contributed by atoms with Crippen LogP contribution in [0.1, 0.15) is 74.3 Å². The molecule has 6 heteroatoms. The predicted octanol–water partition coefficient (Wildman–Crippen LogP) is 5.51. The third kappa shape index (κ3) is 5.38. The molecule has 0 N–H and O–H groups in total. The summed E-state index contributed by atoms with van der Waals surface area (Å²) in [6.07, 6.45) is 11.0. The lowest BCUT2D eigenvalue weighted by atomic mass is 10.0. The van der Waals surface area contributed by atoms with E-state index in [9.17, 15) is 4.79 Å². The number of nitrogens with zero attached hydrogens (tertiary/aromatic N) is 4. The summed E-state index contributed by atoms with van der Waals surface area (Å²) in [4.78, 5) is 22.9. The van der Waals surface area contributed by atoms with Crippen molar-refractivity contribution in [1.82, 2.24) is 19.4 Å². The van der Waals surface area contributed by atoms with Gasteiger partial charge in [-0.1, -0.05) is 44.4 Å². The average Bonchev–Trinajstić information content (AvgIpc) is 3.45. The van der Waals surface area contributed by atoms with E-state index in [1.165, 1.54) is 57.2 Å². The molecule has 0 bridgehead atoms. The van der Waals surface area contributed by atoms with Gasteiger partial charge in [0.15, 0.2) is 0 Å². The number of unbranched alkanes of at least 4 members (excludes halogenated alkanes) is 3. The van der Waals surface area contributed by atoms with E-state index in [4.69, 9.17) is 4.98 Å². The largest absolute Gasteiger partial charge is 0.337 e. The maximum Gasteiger partial charge on any atom is 0.273 e. The van der Waals surface area contributed by atoms with Crippen LogP contribution in [0.3, 0.4) is 0 Å². The molecule has 5 nitrogen and oxygen atoms in total. The van der Waals surface area contributed by atoms with Gasteiger partial charge in [-0.3, -0.25) is 4.79 Å². The molecule has 0 spiro atoms. The summed E-state index contributed by atoms with van der Waals surface area (Å²) in [6.45, 7) is 6.42. The molecule has 3 heterocycles. The second-order valence-electron chi connectivity index (χ2n) is 9.41. The molecule has 174 valence electrons. The zero-order valence-corrected chi connectivity index (χ0v) is 21.8. The third-order valence-electron chi connectivity index (χ3n) is 7.17. The standard InChI is InChI=1S/C26H37IN4O/c1-3-4-5-6-10-20-11-9-12-21(19-20)25-28-24(27)23(29(25)2)26(32)31-17-13-22(14-18-31)30-15-7-8-16-30/h9,11-12,19,22H,3-8,10,13-18H2,1-2H3. The van der Waals surface area contributed by atoms with Crippen LogP contribution in [-0.2, 0) is 13.5 Å². The normalized spacial score (nSPS) is 17.9. The third-order valence-corrected chi connectivity index (χ3v) is 7.92. The lowest BCUT2D eigenvalue weighted by Gasteiger charge is -2.36. The van der Waals surface area contributed by atoms with Crippen LogP contribution in [0.25, 0.3) is 11.4 Å². The van der Waals surface area contributed by atoms with E-state index in [2.05, 4.69) is 58.7 Å². The van der Waals surface area contributed by atoms with Crippen LogP contribution in [0.4, 0.5) is 0 Å². The van der Waals surface area contributed by atoms with E-state index in [1.54, 1.807) is 0 Å². The van der Waals surface area contributed by atoms with Gasteiger partial charge in [-0.15, -0.1) is 0 Å². The summed E-state index contributed by atoms with van der Waals surface area (Å²) in [6, 6.07) is 9.35. The fourth-order valence-corrected chi connectivity index (χ4v) is 6.09. The summed E-state index contributed by atoms with van der Waals surface area (Å²) >= 11 is 2.23. The Morgan fingerprint density at radius 1 is 1.09 bits per heavy atom. The summed E-state index contributed by atoms with van der Waals surface area (Å²) in [5.74, 6) is 1.02. The molecule has 0 atom stereocenters. The first kappa shape index (κ1) is 23.7. The number of amides is 1. The Morgan fingerprint density at radius 3 is 2.56 bits per heavy atom. The molecule has 0 unspecified atom stereocenters. The van der Waals surface area contributed by atoms with Gasteiger partial charge in [0.2, 0.25) is 0 Å². The highest BCUT2D eigenvalue weighted by Gasteiger charge is 2.31. The van der Waals surface area contributed by atoms with E-state index < -0.39 is 0 Å². The monoisotopic (exact) mass is 548 g/mol. The summed E-state index contributed by atoms with van der Waals surface area (Å²) in [5, 5.41) is 0. The molecule has 1 aromatic heterocycles. The van der Waals surface area contributed by atoms with E-state index in [-0.39, 0.29) is 5.91 Å². The number of likely N-dealkylation sites (tertiary alicyclic amines) is 2. The zero-order chi connectivity index (χ0) is 22.5. The van der Waals surface area contributed by atoms with E-state index >= 15 is 0 Å². The number of carbonyl (C=O) groups excluding carboxylic acids is 1. The molecular formula is C26H37IN4O. The van der Waals surface area contributed by atoms with Crippen LogP contribution >= 0.6 is 22.6 Å². The van der Waals surface area contributed by atoms with Crippen molar-refractivity contribution in [2.24, 2.45) is 7.05 Å². The van der Waals surface area contributed by atoms with Gasteiger partial charge in [0, 0.05) is 31.7 Å².